The predicted octanol–water partition coefficient (Wildman–Crippen LogP) is 2.34. The van der Waals surface area contributed by atoms with E-state index in [0.717, 1.165) is 17.7 Å². The molecule has 5 heteroatoms. The lowest BCUT2D eigenvalue weighted by Crippen LogP contribution is -2.36. The Morgan fingerprint density at radius 2 is 2.21 bits per heavy atom. The second-order valence-electron chi connectivity index (χ2n) is 4.51. The quantitative estimate of drug-likeness (QED) is 0.720. The van der Waals surface area contributed by atoms with E-state index in [2.05, 4.69) is 10.6 Å². The lowest BCUT2D eigenvalue weighted by Gasteiger charge is -2.16. The number of carbonyl (C=O) groups is 1. The zero-order valence-electron chi connectivity index (χ0n) is 11.4. The van der Waals surface area contributed by atoms with Gasteiger partial charge in [-0.1, -0.05) is 24.6 Å². The van der Waals surface area contributed by atoms with Gasteiger partial charge >= 0.3 is 0 Å². The molecule has 0 spiro atoms. The second kappa shape index (κ2) is 8.15. The fourth-order valence-corrected chi connectivity index (χ4v) is 1.94. The molecule has 1 aromatic rings. The van der Waals surface area contributed by atoms with Crippen LogP contribution in [0.15, 0.2) is 18.2 Å². The molecule has 1 rings (SSSR count). The van der Waals surface area contributed by atoms with Crippen molar-refractivity contribution < 1.29 is 9.90 Å². The van der Waals surface area contributed by atoms with Crippen LogP contribution in [0.25, 0.3) is 0 Å². The van der Waals surface area contributed by atoms with Crippen LogP contribution >= 0.6 is 11.6 Å². The standard InChI is InChI=1S/C14H21ClN2O2/c1-3-12(6-7-18)16-9-14(19)17-13-8-11(15)5-4-10(13)2/h4-5,8,12,16,18H,3,6-7,9H2,1-2H3,(H,17,19). The van der Waals surface area contributed by atoms with Gasteiger partial charge in [-0.05, 0) is 37.5 Å². The maximum absolute atomic E-state index is 11.8. The van der Waals surface area contributed by atoms with Crippen LogP contribution in [0.3, 0.4) is 0 Å². The number of nitrogens with one attached hydrogen (secondary N) is 2. The van der Waals surface area contributed by atoms with Crippen LogP contribution in [-0.4, -0.2) is 30.2 Å². The average Bonchev–Trinajstić information content (AvgIpc) is 2.39. The summed E-state index contributed by atoms with van der Waals surface area (Å²) in [5, 5.41) is 15.4. The highest BCUT2D eigenvalue weighted by Gasteiger charge is 2.09. The first-order valence-electron chi connectivity index (χ1n) is 6.47. The Morgan fingerprint density at radius 1 is 1.47 bits per heavy atom. The van der Waals surface area contributed by atoms with E-state index in [1.165, 1.54) is 0 Å². The molecular formula is C14H21ClN2O2. The van der Waals surface area contributed by atoms with E-state index in [1.54, 1.807) is 12.1 Å². The normalized spacial score (nSPS) is 12.2. The Bertz CT molecular complexity index is 424. The number of hydrogen-bond acceptors (Lipinski definition) is 3. The molecule has 0 aliphatic carbocycles. The molecule has 0 radical (unpaired) electrons. The first kappa shape index (κ1) is 16.0. The molecule has 0 saturated carbocycles. The summed E-state index contributed by atoms with van der Waals surface area (Å²) in [4.78, 5) is 11.8. The Balaban J connectivity index is 2.48. The molecule has 1 amide bonds. The number of aryl methyl sites for hydroxylation is 1. The van der Waals surface area contributed by atoms with Crippen molar-refractivity contribution in [2.45, 2.75) is 32.7 Å². The molecule has 19 heavy (non-hydrogen) atoms. The first-order chi connectivity index (χ1) is 9.06. The molecular weight excluding hydrogens is 264 g/mol. The predicted molar refractivity (Wildman–Crippen MR) is 78.6 cm³/mol. The SMILES string of the molecule is CCC(CCO)NCC(=O)Nc1cc(Cl)ccc1C. The third kappa shape index (κ3) is 5.59. The van der Waals surface area contributed by atoms with Gasteiger partial charge in [0, 0.05) is 23.4 Å². The summed E-state index contributed by atoms with van der Waals surface area (Å²) in [6, 6.07) is 5.56. The Kier molecular flexibility index (Phi) is 6.84. The molecule has 0 fully saturated rings. The van der Waals surface area contributed by atoms with Crippen molar-refractivity contribution in [2.24, 2.45) is 0 Å². The van der Waals surface area contributed by atoms with E-state index < -0.39 is 0 Å². The van der Waals surface area contributed by atoms with Gasteiger partial charge in [-0.15, -0.1) is 0 Å². The number of benzene rings is 1. The van der Waals surface area contributed by atoms with Crippen molar-refractivity contribution in [3.8, 4) is 0 Å². The van der Waals surface area contributed by atoms with Crippen LogP contribution in [0.5, 0.6) is 0 Å². The minimum atomic E-state index is -0.109. The van der Waals surface area contributed by atoms with Crippen LogP contribution in [0, 0.1) is 6.92 Å². The van der Waals surface area contributed by atoms with E-state index in [4.69, 9.17) is 16.7 Å². The summed E-state index contributed by atoms with van der Waals surface area (Å²) in [6.45, 7) is 4.29. The summed E-state index contributed by atoms with van der Waals surface area (Å²) >= 11 is 5.90. The van der Waals surface area contributed by atoms with Crippen molar-refractivity contribution >= 4 is 23.2 Å². The Morgan fingerprint density at radius 3 is 2.84 bits per heavy atom. The Labute approximate surface area is 119 Å². The molecule has 0 aromatic heterocycles. The molecule has 1 atom stereocenters. The topological polar surface area (TPSA) is 61.4 Å². The van der Waals surface area contributed by atoms with Crippen LogP contribution in [-0.2, 0) is 4.79 Å². The number of aliphatic hydroxyl groups excluding tert-OH is 1. The monoisotopic (exact) mass is 284 g/mol. The number of anilines is 1. The van der Waals surface area contributed by atoms with Gasteiger partial charge in [0.2, 0.25) is 5.91 Å². The van der Waals surface area contributed by atoms with Crippen molar-refractivity contribution in [3.05, 3.63) is 28.8 Å². The van der Waals surface area contributed by atoms with E-state index in [1.807, 2.05) is 19.9 Å². The van der Waals surface area contributed by atoms with Crippen LogP contribution < -0.4 is 10.6 Å². The third-order valence-corrected chi connectivity index (χ3v) is 3.23. The lowest BCUT2D eigenvalue weighted by molar-refractivity contribution is -0.115. The molecule has 0 heterocycles. The fraction of sp³-hybridized carbons (Fsp3) is 0.500. The molecule has 1 aromatic carbocycles. The van der Waals surface area contributed by atoms with Gasteiger partial charge in [0.05, 0.1) is 6.54 Å². The maximum Gasteiger partial charge on any atom is 0.238 e. The Hall–Kier alpha value is -1.10. The third-order valence-electron chi connectivity index (χ3n) is 3.00. The van der Waals surface area contributed by atoms with E-state index in [-0.39, 0.29) is 25.1 Å². The van der Waals surface area contributed by atoms with Crippen molar-refractivity contribution in [1.82, 2.24) is 5.32 Å². The average molecular weight is 285 g/mol. The van der Waals surface area contributed by atoms with Gasteiger partial charge in [0.25, 0.3) is 0 Å². The van der Waals surface area contributed by atoms with Gasteiger partial charge in [-0.25, -0.2) is 0 Å². The smallest absolute Gasteiger partial charge is 0.238 e. The number of rotatable bonds is 7. The van der Waals surface area contributed by atoms with Crippen molar-refractivity contribution in [2.75, 3.05) is 18.5 Å². The minimum Gasteiger partial charge on any atom is -0.396 e. The number of halogens is 1. The van der Waals surface area contributed by atoms with Gasteiger partial charge in [0.1, 0.15) is 0 Å². The highest BCUT2D eigenvalue weighted by Crippen LogP contribution is 2.19. The molecule has 1 unspecified atom stereocenters. The largest absolute Gasteiger partial charge is 0.396 e. The zero-order valence-corrected chi connectivity index (χ0v) is 12.1. The second-order valence-corrected chi connectivity index (χ2v) is 4.94. The number of carbonyl (C=O) groups excluding carboxylic acids is 1. The zero-order chi connectivity index (χ0) is 14.3. The molecule has 4 nitrogen and oxygen atoms in total. The highest BCUT2D eigenvalue weighted by atomic mass is 35.5. The van der Waals surface area contributed by atoms with Crippen LogP contribution in [0.2, 0.25) is 5.02 Å². The lowest BCUT2D eigenvalue weighted by atomic mass is 10.1. The van der Waals surface area contributed by atoms with Crippen molar-refractivity contribution in [3.63, 3.8) is 0 Å². The summed E-state index contributed by atoms with van der Waals surface area (Å²) in [5.74, 6) is -0.109. The van der Waals surface area contributed by atoms with Crippen LogP contribution in [0.4, 0.5) is 5.69 Å². The number of hydrogen-bond donors (Lipinski definition) is 3. The molecule has 3 N–H and O–H groups in total. The van der Waals surface area contributed by atoms with E-state index in [9.17, 15) is 4.79 Å². The summed E-state index contributed by atoms with van der Waals surface area (Å²) in [5.41, 5.74) is 1.70. The summed E-state index contributed by atoms with van der Waals surface area (Å²) in [6.07, 6.45) is 1.53. The van der Waals surface area contributed by atoms with E-state index >= 15 is 0 Å². The maximum atomic E-state index is 11.8. The minimum absolute atomic E-state index is 0.109. The molecule has 0 aliphatic rings. The number of aliphatic hydroxyl groups is 1. The number of amides is 1. The first-order valence-corrected chi connectivity index (χ1v) is 6.84. The molecule has 0 aliphatic heterocycles. The van der Waals surface area contributed by atoms with Crippen LogP contribution in [0.1, 0.15) is 25.3 Å². The van der Waals surface area contributed by atoms with Gasteiger partial charge in [0.15, 0.2) is 0 Å². The van der Waals surface area contributed by atoms with Crippen molar-refractivity contribution in [1.29, 1.82) is 0 Å². The highest BCUT2D eigenvalue weighted by molar-refractivity contribution is 6.31. The molecule has 106 valence electrons. The van der Waals surface area contributed by atoms with E-state index in [0.29, 0.717) is 11.4 Å². The fourth-order valence-electron chi connectivity index (χ4n) is 1.77. The van der Waals surface area contributed by atoms with Gasteiger partial charge < -0.3 is 15.7 Å². The summed E-state index contributed by atoms with van der Waals surface area (Å²) in [7, 11) is 0. The van der Waals surface area contributed by atoms with Gasteiger partial charge in [-0.3, -0.25) is 4.79 Å². The molecule has 0 bridgehead atoms. The molecule has 0 saturated heterocycles. The van der Waals surface area contributed by atoms with Gasteiger partial charge in [-0.2, -0.15) is 0 Å². The summed E-state index contributed by atoms with van der Waals surface area (Å²) < 4.78 is 0.